The molecule has 0 bridgehead atoms. The Balaban J connectivity index is 1.90. The van der Waals surface area contributed by atoms with E-state index >= 15 is 0 Å². The van der Waals surface area contributed by atoms with Crippen LogP contribution >= 0.6 is 0 Å². The molecule has 0 radical (unpaired) electrons. The highest BCUT2D eigenvalue weighted by atomic mass is 19.4. The van der Waals surface area contributed by atoms with E-state index in [1.54, 1.807) is 6.92 Å². The smallest absolute Gasteiger partial charge is 0.386 e. The highest BCUT2D eigenvalue weighted by molar-refractivity contribution is 5.96. The molecule has 3 rings (SSSR count). The number of carbonyl (C=O) groups excluding carboxylic acids is 1. The van der Waals surface area contributed by atoms with Gasteiger partial charge in [-0.2, -0.15) is 13.2 Å². The van der Waals surface area contributed by atoms with Gasteiger partial charge in [-0.05, 0) is 44.4 Å². The van der Waals surface area contributed by atoms with Crippen LogP contribution in [0, 0.1) is 11.2 Å². The van der Waals surface area contributed by atoms with Crippen LogP contribution < -0.4 is 11.1 Å². The maximum atomic E-state index is 14.5. The molecule has 148 valence electrons. The number of rotatable bonds is 3. The van der Waals surface area contributed by atoms with Crippen molar-refractivity contribution >= 4 is 17.4 Å². The molecule has 1 aromatic rings. The summed E-state index contributed by atoms with van der Waals surface area (Å²) < 4.78 is 59.7. The number of anilines is 1. The van der Waals surface area contributed by atoms with E-state index in [1.807, 2.05) is 0 Å². The number of nitrogens with two attached hydrogens (primary N) is 1. The molecule has 0 unspecified atom stereocenters. The predicted octanol–water partition coefficient (Wildman–Crippen LogP) is 3.49. The minimum atomic E-state index is -4.62. The highest BCUT2D eigenvalue weighted by Crippen LogP contribution is 2.53. The van der Waals surface area contributed by atoms with Gasteiger partial charge in [-0.25, -0.2) is 4.39 Å². The molecule has 2 aliphatic rings. The first kappa shape index (κ1) is 19.6. The van der Waals surface area contributed by atoms with E-state index in [9.17, 15) is 22.4 Å². The van der Waals surface area contributed by atoms with Crippen LogP contribution in [0.4, 0.5) is 23.2 Å². The number of nitrogens with zero attached hydrogens (tertiary/aromatic N) is 1. The first-order valence-corrected chi connectivity index (χ1v) is 8.68. The maximum Gasteiger partial charge on any atom is 0.403 e. The molecule has 0 spiro atoms. The minimum absolute atomic E-state index is 0.0899. The van der Waals surface area contributed by atoms with Crippen LogP contribution in [0.1, 0.15) is 38.2 Å². The molecule has 1 atom stereocenters. The Labute approximate surface area is 154 Å². The zero-order valence-corrected chi connectivity index (χ0v) is 14.8. The minimum Gasteiger partial charge on any atom is -0.386 e. The van der Waals surface area contributed by atoms with Gasteiger partial charge in [-0.3, -0.25) is 9.79 Å². The van der Waals surface area contributed by atoms with Crippen molar-refractivity contribution in [1.82, 2.24) is 0 Å². The van der Waals surface area contributed by atoms with Gasteiger partial charge in [0.2, 0.25) is 5.91 Å². The lowest BCUT2D eigenvalue weighted by Gasteiger charge is -2.41. The van der Waals surface area contributed by atoms with Crippen molar-refractivity contribution in [1.29, 1.82) is 0 Å². The maximum absolute atomic E-state index is 14.5. The normalized spacial score (nSPS) is 25.1. The number of halogens is 4. The fourth-order valence-electron chi connectivity index (χ4n) is 3.48. The van der Waals surface area contributed by atoms with Crippen molar-refractivity contribution in [3.05, 3.63) is 29.6 Å². The van der Waals surface area contributed by atoms with E-state index in [1.165, 1.54) is 12.1 Å². The first-order valence-electron chi connectivity index (χ1n) is 8.68. The Kier molecular flexibility index (Phi) is 4.92. The summed E-state index contributed by atoms with van der Waals surface area (Å²) in [6.07, 6.45) is -4.43. The Morgan fingerprint density at radius 1 is 1.30 bits per heavy atom. The summed E-state index contributed by atoms with van der Waals surface area (Å²) in [5.74, 6) is -1.49. The molecular formula is C18H21F4N3O2. The molecule has 1 aliphatic carbocycles. The van der Waals surface area contributed by atoms with Crippen LogP contribution in [0.5, 0.6) is 0 Å². The van der Waals surface area contributed by atoms with Gasteiger partial charge in [0.25, 0.3) is 0 Å². The lowest BCUT2D eigenvalue weighted by atomic mass is 9.67. The average Bonchev–Trinajstić information content (AvgIpc) is 2.67. The van der Waals surface area contributed by atoms with E-state index < -0.39 is 28.9 Å². The summed E-state index contributed by atoms with van der Waals surface area (Å²) in [5.41, 5.74) is 2.58. The summed E-state index contributed by atoms with van der Waals surface area (Å²) in [6, 6.07) is 3.66. The third-order valence-electron chi connectivity index (χ3n) is 5.36. The zero-order chi connectivity index (χ0) is 19.9. The molecule has 0 saturated heterocycles. The summed E-state index contributed by atoms with van der Waals surface area (Å²) in [6.45, 7) is 2.09. The molecular weight excluding hydrogens is 366 g/mol. The molecule has 1 aromatic carbocycles. The standard InChI is InChI=1S/C18H21F4N3O2/c1-16(7-8-27-10-14(23)25-16)12-9-11(3-4-13(12)19)24-15(26)17(5-2-6-17)18(20,21)22/h3-4,9H,2,5-8,10H2,1H3,(H2,23,25)(H,24,26)/t16-/m0/s1. The second-order valence-corrected chi connectivity index (χ2v) is 7.26. The predicted molar refractivity (Wildman–Crippen MR) is 91.8 cm³/mol. The Hall–Kier alpha value is -2.16. The summed E-state index contributed by atoms with van der Waals surface area (Å²) in [5, 5.41) is 2.31. The van der Waals surface area contributed by atoms with Crippen molar-refractivity contribution in [3.63, 3.8) is 0 Å². The van der Waals surface area contributed by atoms with Crippen molar-refractivity contribution < 1.29 is 27.1 Å². The summed E-state index contributed by atoms with van der Waals surface area (Å²) in [7, 11) is 0. The van der Waals surface area contributed by atoms with Crippen LogP contribution in [-0.4, -0.2) is 31.1 Å². The van der Waals surface area contributed by atoms with Crippen LogP contribution in [0.2, 0.25) is 0 Å². The summed E-state index contributed by atoms with van der Waals surface area (Å²) >= 11 is 0. The molecule has 1 amide bonds. The number of aliphatic imine (C=N–C) groups is 1. The second kappa shape index (κ2) is 6.78. The van der Waals surface area contributed by atoms with Crippen molar-refractivity contribution in [2.45, 2.75) is 44.3 Å². The zero-order valence-electron chi connectivity index (χ0n) is 14.8. The fraction of sp³-hybridized carbons (Fsp3) is 0.556. The molecule has 9 heteroatoms. The average molecular weight is 387 g/mol. The van der Waals surface area contributed by atoms with Gasteiger partial charge in [0, 0.05) is 17.9 Å². The van der Waals surface area contributed by atoms with E-state index in [4.69, 9.17) is 10.5 Å². The van der Waals surface area contributed by atoms with Crippen LogP contribution in [0.3, 0.4) is 0 Å². The number of amides is 1. The number of nitrogens with one attached hydrogen (secondary N) is 1. The highest BCUT2D eigenvalue weighted by Gasteiger charge is 2.63. The number of alkyl halides is 3. The number of hydrogen-bond acceptors (Lipinski definition) is 4. The second-order valence-electron chi connectivity index (χ2n) is 7.26. The number of hydrogen-bond donors (Lipinski definition) is 2. The monoisotopic (exact) mass is 387 g/mol. The van der Waals surface area contributed by atoms with Crippen LogP contribution in [0.25, 0.3) is 0 Å². The van der Waals surface area contributed by atoms with E-state index in [2.05, 4.69) is 10.3 Å². The lowest BCUT2D eigenvalue weighted by Crippen LogP contribution is -2.52. The molecule has 27 heavy (non-hydrogen) atoms. The number of benzene rings is 1. The molecule has 1 heterocycles. The molecule has 1 aliphatic heterocycles. The Morgan fingerprint density at radius 3 is 2.59 bits per heavy atom. The number of ether oxygens (including phenoxy) is 1. The van der Waals surface area contributed by atoms with Gasteiger partial charge in [-0.15, -0.1) is 0 Å². The first-order chi connectivity index (χ1) is 12.6. The van der Waals surface area contributed by atoms with Gasteiger partial charge >= 0.3 is 6.18 Å². The van der Waals surface area contributed by atoms with Crippen LogP contribution in [-0.2, 0) is 15.1 Å². The van der Waals surface area contributed by atoms with Gasteiger partial charge in [0.05, 0.1) is 5.54 Å². The van der Waals surface area contributed by atoms with Crippen LogP contribution in [0.15, 0.2) is 23.2 Å². The van der Waals surface area contributed by atoms with E-state index in [0.717, 1.165) is 6.07 Å². The van der Waals surface area contributed by atoms with Gasteiger partial charge in [0.15, 0.2) is 0 Å². The Morgan fingerprint density at radius 2 is 2.00 bits per heavy atom. The van der Waals surface area contributed by atoms with Crippen molar-refractivity contribution in [3.8, 4) is 0 Å². The quantitative estimate of drug-likeness (QED) is 0.780. The van der Waals surface area contributed by atoms with E-state index in [0.29, 0.717) is 19.4 Å². The third-order valence-corrected chi connectivity index (χ3v) is 5.36. The topological polar surface area (TPSA) is 76.7 Å². The number of carbonyl (C=O) groups is 1. The van der Waals surface area contributed by atoms with Crippen molar-refractivity contribution in [2.75, 3.05) is 18.5 Å². The van der Waals surface area contributed by atoms with Gasteiger partial charge < -0.3 is 15.8 Å². The SMILES string of the molecule is C[C@@]1(c2cc(NC(=O)C3(C(F)(F)F)CCC3)ccc2F)CCOCC(N)=N1. The fourth-order valence-corrected chi connectivity index (χ4v) is 3.48. The Bertz CT molecular complexity index is 774. The third kappa shape index (κ3) is 3.52. The molecule has 3 N–H and O–H groups in total. The van der Waals surface area contributed by atoms with Crippen molar-refractivity contribution in [2.24, 2.45) is 16.1 Å². The molecule has 1 fully saturated rings. The van der Waals surface area contributed by atoms with E-state index in [-0.39, 0.29) is 36.5 Å². The van der Waals surface area contributed by atoms with Gasteiger partial charge in [0.1, 0.15) is 23.7 Å². The molecule has 1 saturated carbocycles. The largest absolute Gasteiger partial charge is 0.403 e. The van der Waals surface area contributed by atoms with Gasteiger partial charge in [-0.1, -0.05) is 6.42 Å². The molecule has 5 nitrogen and oxygen atoms in total. The lowest BCUT2D eigenvalue weighted by molar-refractivity contribution is -0.240. The summed E-state index contributed by atoms with van der Waals surface area (Å²) in [4.78, 5) is 16.6. The number of amidine groups is 1. The molecule has 0 aromatic heterocycles.